The Morgan fingerprint density at radius 2 is 2.07 bits per heavy atom. The van der Waals surface area contributed by atoms with Crippen LogP contribution in [0, 0.1) is 12.0 Å². The molecule has 14 heavy (non-hydrogen) atoms. The van der Waals surface area contributed by atoms with Gasteiger partial charge in [0, 0.05) is 0 Å². The van der Waals surface area contributed by atoms with Crippen LogP contribution in [0.1, 0.15) is 58.8 Å². The first-order valence-electron chi connectivity index (χ1n) is 6.17. The maximum Gasteiger partial charge on any atom is -0.000606 e. The lowest BCUT2D eigenvalue weighted by Crippen LogP contribution is -2.03. The molecule has 2 aliphatic rings. The van der Waals surface area contributed by atoms with E-state index in [4.69, 9.17) is 0 Å². The summed E-state index contributed by atoms with van der Waals surface area (Å²) in [6.45, 7) is 4.65. The Kier molecular flexibility index (Phi) is 3.10. The fourth-order valence-electron chi connectivity index (χ4n) is 2.71. The Morgan fingerprint density at radius 3 is 2.79 bits per heavy atom. The van der Waals surface area contributed by atoms with Crippen molar-refractivity contribution in [2.75, 3.05) is 0 Å². The van der Waals surface area contributed by atoms with E-state index in [0.717, 1.165) is 5.92 Å². The highest BCUT2D eigenvalue weighted by Crippen LogP contribution is 2.40. The molecular formula is C14H21. The number of allylic oxidation sites excluding steroid dienone is 4. The molecule has 1 atom stereocenters. The van der Waals surface area contributed by atoms with Gasteiger partial charge in [0.15, 0.2) is 0 Å². The van der Waals surface area contributed by atoms with Crippen LogP contribution < -0.4 is 0 Å². The fourth-order valence-corrected chi connectivity index (χ4v) is 2.71. The summed E-state index contributed by atoms with van der Waals surface area (Å²) in [4.78, 5) is 0. The lowest BCUT2D eigenvalue weighted by molar-refractivity contribution is 0.621. The van der Waals surface area contributed by atoms with Crippen molar-refractivity contribution in [2.24, 2.45) is 5.92 Å². The minimum atomic E-state index is 0.733. The maximum atomic E-state index is 3.67. The summed E-state index contributed by atoms with van der Waals surface area (Å²) >= 11 is 0. The molecule has 0 bridgehead atoms. The van der Waals surface area contributed by atoms with Crippen molar-refractivity contribution in [1.82, 2.24) is 0 Å². The lowest BCUT2D eigenvalue weighted by Gasteiger charge is -2.18. The highest BCUT2D eigenvalue weighted by Gasteiger charge is 2.25. The van der Waals surface area contributed by atoms with Gasteiger partial charge in [-0.05, 0) is 56.1 Å². The molecule has 1 unspecified atom stereocenters. The van der Waals surface area contributed by atoms with E-state index in [1.165, 1.54) is 44.9 Å². The first-order chi connectivity index (χ1) is 6.83. The van der Waals surface area contributed by atoms with Gasteiger partial charge in [0.1, 0.15) is 0 Å². The van der Waals surface area contributed by atoms with E-state index in [0.29, 0.717) is 0 Å². The van der Waals surface area contributed by atoms with Gasteiger partial charge in [-0.15, -0.1) is 0 Å². The molecule has 0 aromatic heterocycles. The molecule has 0 nitrogen and oxygen atoms in total. The molecular weight excluding hydrogens is 168 g/mol. The summed E-state index contributed by atoms with van der Waals surface area (Å²) in [5, 5.41) is 0. The Labute approximate surface area is 88.1 Å². The molecule has 0 saturated carbocycles. The van der Waals surface area contributed by atoms with Crippen molar-refractivity contribution in [1.29, 1.82) is 0 Å². The molecule has 0 aromatic carbocycles. The summed E-state index contributed by atoms with van der Waals surface area (Å²) in [5.41, 5.74) is 4.90. The zero-order valence-corrected chi connectivity index (χ0v) is 9.53. The maximum absolute atomic E-state index is 3.67. The van der Waals surface area contributed by atoms with Crippen LogP contribution in [-0.2, 0) is 0 Å². The monoisotopic (exact) mass is 189 g/mol. The SMILES string of the molecule is CCCCC1=[C]C2=C(CCCC2)C1C. The number of rotatable bonds is 3. The largest absolute Gasteiger partial charge is 0.0654 e. The second kappa shape index (κ2) is 4.33. The Morgan fingerprint density at radius 1 is 1.29 bits per heavy atom. The molecule has 0 N–H and O–H groups in total. The smallest absolute Gasteiger partial charge is 0.000606 e. The molecule has 0 aliphatic heterocycles. The predicted octanol–water partition coefficient (Wildman–Crippen LogP) is 4.43. The van der Waals surface area contributed by atoms with Crippen molar-refractivity contribution in [3.63, 3.8) is 0 Å². The van der Waals surface area contributed by atoms with Crippen LogP contribution in [0.4, 0.5) is 0 Å². The van der Waals surface area contributed by atoms with E-state index in [9.17, 15) is 0 Å². The van der Waals surface area contributed by atoms with Gasteiger partial charge in [-0.2, -0.15) is 0 Å². The third-order valence-electron chi connectivity index (χ3n) is 3.67. The zero-order valence-electron chi connectivity index (χ0n) is 9.53. The highest BCUT2D eigenvalue weighted by molar-refractivity contribution is 5.38. The van der Waals surface area contributed by atoms with Gasteiger partial charge in [0.05, 0.1) is 0 Å². The van der Waals surface area contributed by atoms with Crippen LogP contribution in [0.2, 0.25) is 0 Å². The molecule has 1 radical (unpaired) electrons. The summed E-state index contributed by atoms with van der Waals surface area (Å²) in [7, 11) is 0. The van der Waals surface area contributed by atoms with E-state index in [-0.39, 0.29) is 0 Å². The van der Waals surface area contributed by atoms with Crippen LogP contribution in [0.15, 0.2) is 16.7 Å². The number of hydrogen-bond acceptors (Lipinski definition) is 0. The molecule has 0 heteroatoms. The van der Waals surface area contributed by atoms with Gasteiger partial charge in [-0.3, -0.25) is 0 Å². The molecule has 0 heterocycles. The van der Waals surface area contributed by atoms with Crippen LogP contribution >= 0.6 is 0 Å². The summed E-state index contributed by atoms with van der Waals surface area (Å²) in [6.07, 6.45) is 13.0. The van der Waals surface area contributed by atoms with E-state index in [1.54, 1.807) is 16.7 Å². The van der Waals surface area contributed by atoms with Crippen molar-refractivity contribution in [3.05, 3.63) is 22.8 Å². The first-order valence-corrected chi connectivity index (χ1v) is 6.17. The van der Waals surface area contributed by atoms with Crippen LogP contribution in [0.25, 0.3) is 0 Å². The van der Waals surface area contributed by atoms with Crippen molar-refractivity contribution in [3.8, 4) is 0 Å². The Bertz CT molecular complexity index is 268. The Balaban J connectivity index is 2.04. The number of hydrogen-bond donors (Lipinski definition) is 0. The summed E-state index contributed by atoms with van der Waals surface area (Å²) in [5.74, 6) is 0.733. The average molecular weight is 189 g/mol. The van der Waals surface area contributed by atoms with Crippen molar-refractivity contribution in [2.45, 2.75) is 58.8 Å². The minimum absolute atomic E-state index is 0.733. The van der Waals surface area contributed by atoms with E-state index in [2.05, 4.69) is 19.9 Å². The topological polar surface area (TPSA) is 0 Å². The van der Waals surface area contributed by atoms with E-state index >= 15 is 0 Å². The normalized spacial score (nSPS) is 26.4. The Hall–Kier alpha value is -0.520. The van der Waals surface area contributed by atoms with E-state index < -0.39 is 0 Å². The minimum Gasteiger partial charge on any atom is -0.0654 e. The van der Waals surface area contributed by atoms with Gasteiger partial charge >= 0.3 is 0 Å². The first kappa shape index (κ1) is 10.0. The highest BCUT2D eigenvalue weighted by atomic mass is 14.3. The number of unbranched alkanes of at least 4 members (excludes halogenated alkanes) is 1. The molecule has 0 saturated heterocycles. The summed E-state index contributed by atoms with van der Waals surface area (Å²) in [6, 6.07) is 0. The molecule has 0 aromatic rings. The second-order valence-corrected chi connectivity index (χ2v) is 4.69. The van der Waals surface area contributed by atoms with Crippen LogP contribution in [0.5, 0.6) is 0 Å². The van der Waals surface area contributed by atoms with Crippen molar-refractivity contribution < 1.29 is 0 Å². The average Bonchev–Trinajstić information content (AvgIpc) is 2.54. The molecule has 0 amide bonds. The molecule has 0 fully saturated rings. The van der Waals surface area contributed by atoms with Gasteiger partial charge in [0.2, 0.25) is 0 Å². The van der Waals surface area contributed by atoms with Crippen molar-refractivity contribution >= 4 is 0 Å². The third-order valence-corrected chi connectivity index (χ3v) is 3.67. The standard InChI is InChI=1S/C14H21/c1-3-4-7-12-10-13-8-5-6-9-14(13)11(12)2/h11H,3-9H2,1-2H3. The van der Waals surface area contributed by atoms with Gasteiger partial charge in [-0.25, -0.2) is 0 Å². The summed E-state index contributed by atoms with van der Waals surface area (Å²) < 4.78 is 0. The predicted molar refractivity (Wildman–Crippen MR) is 60.9 cm³/mol. The molecule has 77 valence electrons. The molecule has 2 aliphatic carbocycles. The van der Waals surface area contributed by atoms with Gasteiger partial charge < -0.3 is 0 Å². The lowest BCUT2D eigenvalue weighted by atomic mass is 9.87. The third kappa shape index (κ3) is 1.80. The van der Waals surface area contributed by atoms with E-state index in [1.807, 2.05) is 0 Å². The fraction of sp³-hybridized carbons (Fsp3) is 0.714. The zero-order chi connectivity index (χ0) is 9.97. The van der Waals surface area contributed by atoms with Gasteiger partial charge in [-0.1, -0.05) is 31.4 Å². The van der Waals surface area contributed by atoms with Crippen LogP contribution in [-0.4, -0.2) is 0 Å². The van der Waals surface area contributed by atoms with Crippen LogP contribution in [0.3, 0.4) is 0 Å². The molecule has 2 rings (SSSR count). The second-order valence-electron chi connectivity index (χ2n) is 4.69. The quantitative estimate of drug-likeness (QED) is 0.616. The molecule has 0 spiro atoms. The van der Waals surface area contributed by atoms with Gasteiger partial charge in [0.25, 0.3) is 0 Å².